The Bertz CT molecular complexity index is 1200. The van der Waals surface area contributed by atoms with Crippen molar-refractivity contribution in [1.82, 2.24) is 4.57 Å². The Hall–Kier alpha value is -3.54. The van der Waals surface area contributed by atoms with Gasteiger partial charge in [0, 0.05) is 41.8 Å². The molecular formula is C25H27NO5. The second-order valence-electron chi connectivity index (χ2n) is 8.11. The van der Waals surface area contributed by atoms with Crippen molar-refractivity contribution in [2.24, 2.45) is 7.05 Å². The zero-order valence-corrected chi connectivity index (χ0v) is 18.7. The van der Waals surface area contributed by atoms with Crippen LogP contribution in [0.1, 0.15) is 26.3 Å². The van der Waals surface area contributed by atoms with Crippen LogP contribution in [0.25, 0.3) is 28.1 Å². The number of nitrogens with zero attached hydrogens (tertiary/aromatic N) is 1. The summed E-state index contributed by atoms with van der Waals surface area (Å²) in [5.74, 6) is 0.626. The molecule has 3 rings (SSSR count). The summed E-state index contributed by atoms with van der Waals surface area (Å²) < 4.78 is 17.9. The highest BCUT2D eigenvalue weighted by molar-refractivity contribution is 6.04. The number of carbonyl (C=O) groups excluding carboxylic acids is 1. The molecule has 0 aliphatic carbocycles. The molecule has 1 heterocycles. The molecule has 0 spiro atoms. The summed E-state index contributed by atoms with van der Waals surface area (Å²) >= 11 is 0. The Morgan fingerprint density at radius 2 is 1.71 bits per heavy atom. The number of rotatable bonds is 5. The molecule has 0 saturated heterocycles. The minimum Gasteiger partial charge on any atom is -0.497 e. The molecule has 6 heteroatoms. The third-order valence-corrected chi connectivity index (χ3v) is 4.78. The maximum atomic E-state index is 13.4. The molecule has 2 aromatic carbocycles. The Labute approximate surface area is 181 Å². The van der Waals surface area contributed by atoms with Crippen molar-refractivity contribution in [3.63, 3.8) is 0 Å². The van der Waals surface area contributed by atoms with Gasteiger partial charge in [-0.25, -0.2) is 4.79 Å². The van der Waals surface area contributed by atoms with E-state index in [4.69, 9.17) is 14.2 Å². The third kappa shape index (κ3) is 4.63. The van der Waals surface area contributed by atoms with Gasteiger partial charge in [-0.05, 0) is 32.4 Å². The molecule has 0 atom stereocenters. The number of ether oxygens (including phenoxy) is 3. The molecule has 0 N–H and O–H groups in total. The highest BCUT2D eigenvalue weighted by Gasteiger charge is 2.20. The third-order valence-electron chi connectivity index (χ3n) is 4.78. The summed E-state index contributed by atoms with van der Waals surface area (Å²) in [5, 5.41) is 0.750. The maximum Gasteiger partial charge on any atom is 0.331 e. The van der Waals surface area contributed by atoms with Gasteiger partial charge in [0.2, 0.25) is 0 Å². The van der Waals surface area contributed by atoms with Crippen molar-refractivity contribution in [3.8, 4) is 22.6 Å². The molecule has 162 valence electrons. The predicted molar refractivity (Wildman–Crippen MR) is 123 cm³/mol. The first kappa shape index (κ1) is 22.2. The first-order valence-corrected chi connectivity index (χ1v) is 9.91. The number of hydrogen-bond donors (Lipinski definition) is 0. The van der Waals surface area contributed by atoms with Gasteiger partial charge in [-0.1, -0.05) is 30.3 Å². The standard InChI is InChI=1S/C25H27NO5/c1-25(2,3)31-21(27)13-12-18-22(16-10-8-7-9-11-16)23-19(26(4)24(18)28)14-17(29-5)15-20(23)30-6/h7-15H,1-6H3/b13-12+. The molecule has 0 aliphatic rings. The van der Waals surface area contributed by atoms with Crippen LogP contribution in [-0.4, -0.2) is 30.4 Å². The maximum absolute atomic E-state index is 13.4. The minimum atomic E-state index is -0.627. The zero-order chi connectivity index (χ0) is 22.8. The summed E-state index contributed by atoms with van der Waals surface area (Å²) in [7, 11) is 4.82. The van der Waals surface area contributed by atoms with E-state index in [-0.39, 0.29) is 5.56 Å². The van der Waals surface area contributed by atoms with E-state index in [1.807, 2.05) is 30.3 Å². The number of esters is 1. The largest absolute Gasteiger partial charge is 0.497 e. The van der Waals surface area contributed by atoms with Gasteiger partial charge in [-0.3, -0.25) is 4.79 Å². The number of hydrogen-bond acceptors (Lipinski definition) is 5. The van der Waals surface area contributed by atoms with Crippen molar-refractivity contribution >= 4 is 22.9 Å². The number of aromatic nitrogens is 1. The van der Waals surface area contributed by atoms with E-state index >= 15 is 0 Å². The Morgan fingerprint density at radius 1 is 1.03 bits per heavy atom. The van der Waals surface area contributed by atoms with Crippen LogP contribution in [0.15, 0.2) is 53.3 Å². The van der Waals surface area contributed by atoms with Gasteiger partial charge in [0.1, 0.15) is 17.1 Å². The summed E-state index contributed by atoms with van der Waals surface area (Å²) in [6.07, 6.45) is 2.80. The van der Waals surface area contributed by atoms with E-state index in [1.165, 1.54) is 16.7 Å². The summed E-state index contributed by atoms with van der Waals surface area (Å²) in [6, 6.07) is 13.1. The number of benzene rings is 2. The first-order chi connectivity index (χ1) is 14.7. The number of fused-ring (bicyclic) bond motifs is 1. The lowest BCUT2D eigenvalue weighted by molar-refractivity contribution is -0.148. The van der Waals surface area contributed by atoms with Crippen LogP contribution in [0.3, 0.4) is 0 Å². The van der Waals surface area contributed by atoms with Gasteiger partial charge in [-0.2, -0.15) is 0 Å². The van der Waals surface area contributed by atoms with E-state index < -0.39 is 11.6 Å². The van der Waals surface area contributed by atoms with Gasteiger partial charge >= 0.3 is 5.97 Å². The molecule has 0 amide bonds. The molecule has 0 aliphatic heterocycles. The van der Waals surface area contributed by atoms with Crippen LogP contribution in [0, 0.1) is 0 Å². The fraction of sp³-hybridized carbons (Fsp3) is 0.280. The average Bonchev–Trinajstić information content (AvgIpc) is 2.73. The zero-order valence-electron chi connectivity index (χ0n) is 18.7. The Morgan fingerprint density at radius 3 is 2.29 bits per heavy atom. The number of pyridine rings is 1. The van der Waals surface area contributed by atoms with Gasteiger partial charge in [-0.15, -0.1) is 0 Å². The predicted octanol–water partition coefficient (Wildman–Crippen LogP) is 4.58. The first-order valence-electron chi connectivity index (χ1n) is 9.91. The van der Waals surface area contributed by atoms with Crippen LogP contribution in [0.4, 0.5) is 0 Å². The summed E-state index contributed by atoms with van der Waals surface area (Å²) in [4.78, 5) is 25.6. The van der Waals surface area contributed by atoms with Gasteiger partial charge in [0.05, 0.1) is 19.7 Å². The van der Waals surface area contributed by atoms with Crippen molar-refractivity contribution in [3.05, 3.63) is 64.5 Å². The molecule has 3 aromatic rings. The van der Waals surface area contributed by atoms with Crippen LogP contribution in [0.5, 0.6) is 11.5 Å². The molecule has 31 heavy (non-hydrogen) atoms. The molecule has 6 nitrogen and oxygen atoms in total. The Balaban J connectivity index is 2.37. The number of methoxy groups -OCH3 is 2. The highest BCUT2D eigenvalue weighted by atomic mass is 16.6. The lowest BCUT2D eigenvalue weighted by Gasteiger charge is -2.19. The summed E-state index contributed by atoms with van der Waals surface area (Å²) in [6.45, 7) is 5.38. The topological polar surface area (TPSA) is 66.8 Å². The van der Waals surface area contributed by atoms with Crippen molar-refractivity contribution in [2.45, 2.75) is 26.4 Å². The fourth-order valence-electron chi connectivity index (χ4n) is 3.45. The minimum absolute atomic E-state index is 0.249. The molecular weight excluding hydrogens is 394 g/mol. The van der Waals surface area contributed by atoms with E-state index in [0.29, 0.717) is 28.1 Å². The van der Waals surface area contributed by atoms with Gasteiger partial charge in [0.25, 0.3) is 5.56 Å². The quantitative estimate of drug-likeness (QED) is 0.446. The van der Waals surface area contributed by atoms with Gasteiger partial charge < -0.3 is 18.8 Å². The van der Waals surface area contributed by atoms with E-state index in [0.717, 1.165) is 10.9 Å². The van der Waals surface area contributed by atoms with Gasteiger partial charge in [0.15, 0.2) is 0 Å². The van der Waals surface area contributed by atoms with Crippen molar-refractivity contribution in [1.29, 1.82) is 0 Å². The van der Waals surface area contributed by atoms with Crippen LogP contribution < -0.4 is 15.0 Å². The van der Waals surface area contributed by atoms with Crippen molar-refractivity contribution < 1.29 is 19.0 Å². The average molecular weight is 421 g/mol. The van der Waals surface area contributed by atoms with Crippen LogP contribution in [0.2, 0.25) is 0 Å². The Kier molecular flexibility index (Phi) is 6.20. The molecule has 0 fully saturated rings. The van der Waals surface area contributed by atoms with E-state index in [2.05, 4.69) is 0 Å². The molecule has 0 radical (unpaired) electrons. The highest BCUT2D eigenvalue weighted by Crippen LogP contribution is 2.39. The van der Waals surface area contributed by atoms with Crippen molar-refractivity contribution in [2.75, 3.05) is 14.2 Å². The number of carbonyl (C=O) groups is 1. The molecule has 1 aromatic heterocycles. The smallest absolute Gasteiger partial charge is 0.331 e. The fourth-order valence-corrected chi connectivity index (χ4v) is 3.45. The lowest BCUT2D eigenvalue weighted by atomic mass is 9.94. The van der Waals surface area contributed by atoms with Crippen LogP contribution >= 0.6 is 0 Å². The second-order valence-corrected chi connectivity index (χ2v) is 8.11. The lowest BCUT2D eigenvalue weighted by Crippen LogP contribution is -2.23. The molecule has 0 unspecified atom stereocenters. The summed E-state index contributed by atoms with van der Waals surface area (Å²) in [5.41, 5.74) is 1.67. The normalized spacial score (nSPS) is 11.7. The molecule has 0 bridgehead atoms. The number of aryl methyl sites for hydroxylation is 1. The monoisotopic (exact) mass is 421 g/mol. The SMILES string of the molecule is COc1cc(OC)c2c(-c3ccccc3)c(/C=C/C(=O)OC(C)(C)C)c(=O)n(C)c2c1. The van der Waals surface area contributed by atoms with E-state index in [9.17, 15) is 9.59 Å². The van der Waals surface area contributed by atoms with Crippen LogP contribution in [-0.2, 0) is 16.6 Å². The second kappa shape index (κ2) is 8.68. The molecule has 0 saturated carbocycles. The van der Waals surface area contributed by atoms with E-state index in [1.54, 1.807) is 54.2 Å².